The van der Waals surface area contributed by atoms with Gasteiger partial charge in [0, 0.05) is 12.6 Å². The summed E-state index contributed by atoms with van der Waals surface area (Å²) in [4.78, 5) is 36.4. The molecular formula is C16H24N4O7S. The Hall–Kier alpha value is -2.50. The first kappa shape index (κ1) is 21.8. The zero-order valence-corrected chi connectivity index (χ0v) is 16.9. The standard InChI is InChI=1S/C16H24N4O7S/c1-4-6-18(13-5-7-28(25,26)10-13)14(21)9-27-15(22)8-19-12(3)16(20(23)24)11(2)17-19/h13H,4-10H2,1-3H3. The molecule has 0 N–H and O–H groups in total. The zero-order valence-electron chi connectivity index (χ0n) is 16.1. The molecule has 0 aromatic carbocycles. The van der Waals surface area contributed by atoms with Crippen LogP contribution in [0.1, 0.15) is 31.2 Å². The fourth-order valence-corrected chi connectivity index (χ4v) is 5.00. The molecule has 2 rings (SSSR count). The molecule has 1 atom stereocenters. The van der Waals surface area contributed by atoms with Crippen molar-refractivity contribution in [2.45, 2.75) is 46.2 Å². The number of aromatic nitrogens is 2. The van der Waals surface area contributed by atoms with Crippen LogP contribution >= 0.6 is 0 Å². The molecule has 1 fully saturated rings. The van der Waals surface area contributed by atoms with Crippen molar-refractivity contribution in [1.82, 2.24) is 14.7 Å². The van der Waals surface area contributed by atoms with E-state index in [1.165, 1.54) is 18.7 Å². The van der Waals surface area contributed by atoms with Crippen LogP contribution in [0.25, 0.3) is 0 Å². The van der Waals surface area contributed by atoms with Gasteiger partial charge in [-0.05, 0) is 26.7 Å². The number of esters is 1. The lowest BCUT2D eigenvalue weighted by Crippen LogP contribution is -2.43. The fraction of sp³-hybridized carbons (Fsp3) is 0.688. The molecule has 0 radical (unpaired) electrons. The molecule has 1 saturated heterocycles. The van der Waals surface area contributed by atoms with E-state index < -0.39 is 39.3 Å². The highest BCUT2D eigenvalue weighted by atomic mass is 32.2. The predicted molar refractivity (Wildman–Crippen MR) is 98.4 cm³/mol. The molecule has 1 aliphatic heterocycles. The van der Waals surface area contributed by atoms with Gasteiger partial charge in [-0.1, -0.05) is 6.92 Å². The van der Waals surface area contributed by atoms with Crippen molar-refractivity contribution in [2.24, 2.45) is 0 Å². The van der Waals surface area contributed by atoms with Crippen molar-refractivity contribution in [1.29, 1.82) is 0 Å². The monoisotopic (exact) mass is 416 g/mol. The molecule has 1 unspecified atom stereocenters. The third kappa shape index (κ3) is 5.06. The molecule has 11 nitrogen and oxygen atoms in total. The Bertz CT molecular complexity index is 878. The minimum Gasteiger partial charge on any atom is -0.454 e. The number of aryl methyl sites for hydroxylation is 1. The first-order valence-electron chi connectivity index (χ1n) is 8.89. The summed E-state index contributed by atoms with van der Waals surface area (Å²) >= 11 is 0. The lowest BCUT2D eigenvalue weighted by atomic mass is 10.2. The Labute approximate surface area is 162 Å². The normalized spacial score (nSPS) is 18.0. The summed E-state index contributed by atoms with van der Waals surface area (Å²) in [6, 6.07) is -0.408. The number of sulfone groups is 1. The molecular weight excluding hydrogens is 392 g/mol. The molecule has 0 spiro atoms. The van der Waals surface area contributed by atoms with E-state index in [9.17, 15) is 28.1 Å². The molecule has 0 saturated carbocycles. The third-order valence-electron chi connectivity index (χ3n) is 4.60. The van der Waals surface area contributed by atoms with Gasteiger partial charge in [0.1, 0.15) is 17.9 Å². The molecule has 12 heteroatoms. The van der Waals surface area contributed by atoms with E-state index in [0.717, 1.165) is 4.68 Å². The lowest BCUT2D eigenvalue weighted by Gasteiger charge is -2.27. The van der Waals surface area contributed by atoms with Gasteiger partial charge in [0.05, 0.1) is 16.4 Å². The van der Waals surface area contributed by atoms with E-state index in [1.54, 1.807) is 0 Å². The maximum atomic E-state index is 12.4. The number of nitrogens with zero attached hydrogens (tertiary/aromatic N) is 4. The minimum atomic E-state index is -3.15. The van der Waals surface area contributed by atoms with Crippen molar-refractivity contribution in [3.05, 3.63) is 21.5 Å². The van der Waals surface area contributed by atoms with Crippen LogP contribution in [0.15, 0.2) is 0 Å². The Morgan fingerprint density at radius 1 is 1.39 bits per heavy atom. The summed E-state index contributed by atoms with van der Waals surface area (Å²) in [6.45, 7) is 4.30. The zero-order chi connectivity index (χ0) is 21.1. The molecule has 2 heterocycles. The lowest BCUT2D eigenvalue weighted by molar-refractivity contribution is -0.386. The van der Waals surface area contributed by atoms with Crippen LogP contribution < -0.4 is 0 Å². The molecule has 0 aliphatic carbocycles. The first-order chi connectivity index (χ1) is 13.1. The number of rotatable bonds is 8. The smallest absolute Gasteiger partial charge is 0.328 e. The highest BCUT2D eigenvalue weighted by Gasteiger charge is 2.34. The number of nitro groups is 1. The second kappa shape index (κ2) is 8.67. The number of carbonyl (C=O) groups is 2. The summed E-state index contributed by atoms with van der Waals surface area (Å²) in [5.41, 5.74) is 0.234. The molecule has 0 bridgehead atoms. The maximum absolute atomic E-state index is 12.4. The third-order valence-corrected chi connectivity index (χ3v) is 6.35. The van der Waals surface area contributed by atoms with Gasteiger partial charge in [-0.15, -0.1) is 0 Å². The number of hydrogen-bond donors (Lipinski definition) is 0. The summed E-state index contributed by atoms with van der Waals surface area (Å²) in [5.74, 6) is -1.26. The SMILES string of the molecule is CCCN(C(=O)COC(=O)Cn1nc(C)c([N+](=O)[O-])c1C)C1CCS(=O)(=O)C1. The number of hydrogen-bond acceptors (Lipinski definition) is 8. The molecule has 28 heavy (non-hydrogen) atoms. The van der Waals surface area contributed by atoms with E-state index in [0.29, 0.717) is 19.4 Å². The second-order valence-corrected chi connectivity index (χ2v) is 8.97. The van der Waals surface area contributed by atoms with Gasteiger partial charge in [-0.25, -0.2) is 8.42 Å². The Morgan fingerprint density at radius 3 is 2.57 bits per heavy atom. The van der Waals surface area contributed by atoms with Gasteiger partial charge >= 0.3 is 11.7 Å². The van der Waals surface area contributed by atoms with E-state index >= 15 is 0 Å². The molecule has 1 amide bonds. The summed E-state index contributed by atoms with van der Waals surface area (Å²) in [6.07, 6.45) is 1.02. The van der Waals surface area contributed by atoms with E-state index in [-0.39, 0.29) is 35.1 Å². The Morgan fingerprint density at radius 2 is 2.07 bits per heavy atom. The van der Waals surface area contributed by atoms with Gasteiger partial charge in [0.25, 0.3) is 5.91 Å². The van der Waals surface area contributed by atoms with Crippen molar-refractivity contribution in [3.8, 4) is 0 Å². The van der Waals surface area contributed by atoms with Gasteiger partial charge in [0.2, 0.25) is 0 Å². The van der Waals surface area contributed by atoms with E-state index in [1.807, 2.05) is 6.92 Å². The predicted octanol–water partition coefficient (Wildman–Crippen LogP) is 0.377. The number of carbonyl (C=O) groups excluding carboxylic acids is 2. The number of amides is 1. The summed E-state index contributed by atoms with van der Waals surface area (Å²) in [5, 5.41) is 15.0. The molecule has 156 valence electrons. The van der Waals surface area contributed by atoms with Gasteiger partial charge in [-0.2, -0.15) is 5.10 Å². The average molecular weight is 416 g/mol. The van der Waals surface area contributed by atoms with Gasteiger partial charge < -0.3 is 9.64 Å². The fourth-order valence-electron chi connectivity index (χ4n) is 3.27. The largest absolute Gasteiger partial charge is 0.454 e. The van der Waals surface area contributed by atoms with E-state index in [4.69, 9.17) is 4.74 Å². The van der Waals surface area contributed by atoms with Crippen LogP contribution in [-0.2, 0) is 30.7 Å². The van der Waals surface area contributed by atoms with Crippen LogP contribution in [0.2, 0.25) is 0 Å². The minimum absolute atomic E-state index is 0.0433. The Balaban J connectivity index is 1.96. The van der Waals surface area contributed by atoms with Crippen LogP contribution in [0.3, 0.4) is 0 Å². The van der Waals surface area contributed by atoms with Crippen molar-refractivity contribution < 1.29 is 27.7 Å². The quantitative estimate of drug-likeness (QED) is 0.336. The molecule has 1 aromatic rings. The van der Waals surface area contributed by atoms with Crippen LogP contribution in [0, 0.1) is 24.0 Å². The highest BCUT2D eigenvalue weighted by molar-refractivity contribution is 7.91. The molecule has 1 aliphatic rings. The van der Waals surface area contributed by atoms with Gasteiger partial charge in [0.15, 0.2) is 16.4 Å². The highest BCUT2D eigenvalue weighted by Crippen LogP contribution is 2.22. The summed E-state index contributed by atoms with van der Waals surface area (Å²) < 4.78 is 29.5. The summed E-state index contributed by atoms with van der Waals surface area (Å²) in [7, 11) is -3.15. The van der Waals surface area contributed by atoms with Crippen LogP contribution in [0.4, 0.5) is 5.69 Å². The van der Waals surface area contributed by atoms with Crippen LogP contribution in [-0.4, -0.2) is 70.6 Å². The Kier molecular flexibility index (Phi) is 6.75. The van der Waals surface area contributed by atoms with E-state index in [2.05, 4.69) is 5.10 Å². The van der Waals surface area contributed by atoms with Gasteiger partial charge in [-0.3, -0.25) is 24.4 Å². The van der Waals surface area contributed by atoms with Crippen molar-refractivity contribution >= 4 is 27.4 Å². The van der Waals surface area contributed by atoms with Crippen molar-refractivity contribution in [3.63, 3.8) is 0 Å². The first-order valence-corrected chi connectivity index (χ1v) is 10.7. The number of ether oxygens (including phenoxy) is 1. The molecule has 1 aromatic heterocycles. The van der Waals surface area contributed by atoms with Crippen LogP contribution in [0.5, 0.6) is 0 Å². The second-order valence-electron chi connectivity index (χ2n) is 6.74. The van der Waals surface area contributed by atoms with Crippen molar-refractivity contribution in [2.75, 3.05) is 24.7 Å². The average Bonchev–Trinajstić information content (AvgIpc) is 3.09. The maximum Gasteiger partial charge on any atom is 0.328 e. The topological polar surface area (TPSA) is 142 Å².